The van der Waals surface area contributed by atoms with Crippen molar-refractivity contribution in [2.45, 2.75) is 51.7 Å². The standard InChI is InChI=1S/C33H33FN2O4S/c1-2-6-22-17-24-31(33(39)36(32(24)38)18-23-7-5-14-41-23)25-19-40-29(30(22)25)12-10-21(27-8-3-4-13-35-27)15-20-9-11-28(37)26(34)16-20/h3-5,7-9,11,13-16,24-25,29,31,37H,2,6,10,12,17-19H2,1H3/b21-15-/t24-,25+,29-,31-/m1/s1. The Labute approximate surface area is 243 Å². The highest BCUT2D eigenvalue weighted by Gasteiger charge is 2.56. The molecule has 1 aliphatic carbocycles. The smallest absolute Gasteiger partial charge is 0.234 e. The summed E-state index contributed by atoms with van der Waals surface area (Å²) in [4.78, 5) is 34.2. The molecule has 3 aliphatic rings. The Hall–Kier alpha value is -3.62. The predicted molar refractivity (Wildman–Crippen MR) is 156 cm³/mol. The average molecular weight is 573 g/mol. The molecule has 0 bridgehead atoms. The molecule has 2 amide bonds. The number of fused-ring (bicyclic) bond motifs is 3. The fourth-order valence-corrected chi connectivity index (χ4v) is 7.41. The first kappa shape index (κ1) is 27.5. The number of halogens is 1. The van der Waals surface area contributed by atoms with Crippen LogP contribution in [-0.2, 0) is 20.9 Å². The molecule has 0 radical (unpaired) electrons. The monoisotopic (exact) mass is 572 g/mol. The number of rotatable bonds is 9. The number of pyridine rings is 1. The van der Waals surface area contributed by atoms with Crippen LogP contribution in [-0.4, -0.2) is 39.5 Å². The molecule has 2 fully saturated rings. The van der Waals surface area contributed by atoms with Gasteiger partial charge in [0.1, 0.15) is 0 Å². The zero-order valence-electron chi connectivity index (χ0n) is 23.0. The van der Waals surface area contributed by atoms with Gasteiger partial charge in [0.25, 0.3) is 0 Å². The third-order valence-electron chi connectivity index (χ3n) is 8.53. The summed E-state index contributed by atoms with van der Waals surface area (Å²) in [6.45, 7) is 2.92. The van der Waals surface area contributed by atoms with Crippen molar-refractivity contribution in [3.8, 4) is 5.75 Å². The van der Waals surface area contributed by atoms with Crippen LogP contribution in [0.5, 0.6) is 5.75 Å². The van der Waals surface area contributed by atoms with Crippen LogP contribution in [0.4, 0.5) is 4.39 Å². The summed E-state index contributed by atoms with van der Waals surface area (Å²) in [5.41, 5.74) is 4.84. The molecule has 0 spiro atoms. The number of carbonyl (C=O) groups excluding carboxylic acids is 2. The van der Waals surface area contributed by atoms with E-state index in [0.717, 1.165) is 29.0 Å². The van der Waals surface area contributed by atoms with Crippen LogP contribution in [0.15, 0.2) is 71.3 Å². The molecule has 0 unspecified atom stereocenters. The van der Waals surface area contributed by atoms with Crippen molar-refractivity contribution >= 4 is 34.8 Å². The van der Waals surface area contributed by atoms with E-state index in [1.165, 1.54) is 28.2 Å². The molecular weight excluding hydrogens is 539 g/mol. The van der Waals surface area contributed by atoms with Gasteiger partial charge in [0.2, 0.25) is 11.8 Å². The molecule has 4 heterocycles. The van der Waals surface area contributed by atoms with Gasteiger partial charge >= 0.3 is 0 Å². The lowest BCUT2D eigenvalue weighted by Gasteiger charge is -2.32. The number of aromatic nitrogens is 1. The van der Waals surface area contributed by atoms with E-state index in [0.29, 0.717) is 38.0 Å². The summed E-state index contributed by atoms with van der Waals surface area (Å²) in [6.07, 6.45) is 7.25. The first-order valence-electron chi connectivity index (χ1n) is 14.3. The van der Waals surface area contributed by atoms with Gasteiger partial charge in [-0.25, -0.2) is 4.39 Å². The maximum atomic E-state index is 14.1. The number of ether oxygens (including phenoxy) is 1. The number of aromatic hydroxyl groups is 1. The van der Waals surface area contributed by atoms with Crippen LogP contribution in [0.3, 0.4) is 0 Å². The molecule has 212 valence electrons. The van der Waals surface area contributed by atoms with E-state index in [-0.39, 0.29) is 41.4 Å². The minimum atomic E-state index is -0.670. The Kier molecular flexibility index (Phi) is 7.86. The third-order valence-corrected chi connectivity index (χ3v) is 9.39. The Morgan fingerprint density at radius 2 is 2.05 bits per heavy atom. The van der Waals surface area contributed by atoms with Crippen LogP contribution >= 0.6 is 11.3 Å². The number of imide groups is 1. The summed E-state index contributed by atoms with van der Waals surface area (Å²) in [5, 5.41) is 11.6. The Morgan fingerprint density at radius 3 is 2.78 bits per heavy atom. The Balaban J connectivity index is 1.26. The number of carbonyl (C=O) groups is 2. The highest BCUT2D eigenvalue weighted by atomic mass is 32.1. The molecular formula is C33H33FN2O4S. The van der Waals surface area contributed by atoms with Crippen LogP contribution in [0.25, 0.3) is 11.6 Å². The number of thiophene rings is 1. The number of hydrogen-bond donors (Lipinski definition) is 1. The van der Waals surface area contributed by atoms with Crippen molar-refractivity contribution in [3.05, 3.63) is 93.2 Å². The van der Waals surface area contributed by atoms with E-state index in [2.05, 4.69) is 11.9 Å². The Morgan fingerprint density at radius 1 is 1.17 bits per heavy atom. The van der Waals surface area contributed by atoms with Crippen LogP contribution in [0.2, 0.25) is 0 Å². The molecule has 3 aromatic rings. The SMILES string of the molecule is CCCC1=C2[C@@H](CC/C(=C/c3ccc(O)c(F)c3)c3ccccn3)OC[C@@H]2[C@@H]2C(=O)N(Cc3cccs3)C(=O)[C@@H]2C1. The van der Waals surface area contributed by atoms with E-state index < -0.39 is 5.82 Å². The zero-order valence-corrected chi connectivity index (χ0v) is 23.8. The number of hydrogen-bond acceptors (Lipinski definition) is 6. The number of phenolic OH excluding ortho intramolecular Hbond substituents is 1. The average Bonchev–Trinajstić information content (AvgIpc) is 3.70. The number of benzene rings is 1. The maximum absolute atomic E-state index is 14.1. The van der Waals surface area contributed by atoms with Gasteiger partial charge < -0.3 is 9.84 Å². The van der Waals surface area contributed by atoms with Crippen molar-refractivity contribution in [1.29, 1.82) is 0 Å². The van der Waals surface area contributed by atoms with Crippen molar-refractivity contribution in [2.75, 3.05) is 6.61 Å². The first-order valence-corrected chi connectivity index (χ1v) is 15.1. The third kappa shape index (κ3) is 5.38. The fourth-order valence-electron chi connectivity index (χ4n) is 6.72. The second-order valence-corrected chi connectivity index (χ2v) is 12.1. The van der Waals surface area contributed by atoms with Crippen molar-refractivity contribution in [1.82, 2.24) is 9.88 Å². The lowest BCUT2D eigenvalue weighted by atomic mass is 9.68. The maximum Gasteiger partial charge on any atom is 0.234 e. The van der Waals surface area contributed by atoms with E-state index in [4.69, 9.17) is 4.74 Å². The number of allylic oxidation sites excluding steroid dienone is 2. The number of phenols is 1. The molecule has 8 heteroatoms. The summed E-state index contributed by atoms with van der Waals surface area (Å²) < 4.78 is 20.5. The van der Waals surface area contributed by atoms with Crippen LogP contribution < -0.4 is 0 Å². The second-order valence-electron chi connectivity index (χ2n) is 11.0. The van der Waals surface area contributed by atoms with Gasteiger partial charge in [-0.05, 0) is 84.2 Å². The van der Waals surface area contributed by atoms with Gasteiger partial charge in [0.05, 0.1) is 36.8 Å². The van der Waals surface area contributed by atoms with Gasteiger partial charge in [0, 0.05) is 17.0 Å². The van der Waals surface area contributed by atoms with Crippen LogP contribution in [0, 0.1) is 23.6 Å². The first-order chi connectivity index (χ1) is 19.9. The lowest BCUT2D eigenvalue weighted by Crippen LogP contribution is -2.34. The van der Waals surface area contributed by atoms with E-state index in [1.807, 2.05) is 41.8 Å². The fraction of sp³-hybridized carbons (Fsp3) is 0.364. The molecule has 2 aliphatic heterocycles. The van der Waals surface area contributed by atoms with Crippen molar-refractivity contribution in [2.24, 2.45) is 17.8 Å². The number of likely N-dealkylation sites (tertiary alicyclic amines) is 1. The van der Waals surface area contributed by atoms with Crippen molar-refractivity contribution < 1.29 is 23.8 Å². The minimum Gasteiger partial charge on any atom is -0.505 e. The molecule has 2 saturated heterocycles. The highest BCUT2D eigenvalue weighted by Crippen LogP contribution is 2.51. The minimum absolute atomic E-state index is 0.0500. The molecule has 6 rings (SSSR count). The summed E-state index contributed by atoms with van der Waals surface area (Å²) >= 11 is 1.56. The zero-order chi connectivity index (χ0) is 28.5. The predicted octanol–water partition coefficient (Wildman–Crippen LogP) is 6.63. The highest BCUT2D eigenvalue weighted by molar-refractivity contribution is 7.09. The summed E-state index contributed by atoms with van der Waals surface area (Å²) in [7, 11) is 0. The quantitative estimate of drug-likeness (QED) is 0.230. The van der Waals surface area contributed by atoms with Gasteiger partial charge in [-0.1, -0.05) is 37.1 Å². The van der Waals surface area contributed by atoms with Gasteiger partial charge in [0.15, 0.2) is 11.6 Å². The molecule has 1 N–H and O–H groups in total. The van der Waals surface area contributed by atoms with Gasteiger partial charge in [-0.2, -0.15) is 0 Å². The van der Waals surface area contributed by atoms with E-state index >= 15 is 0 Å². The molecule has 6 nitrogen and oxygen atoms in total. The Bertz CT molecular complexity index is 1500. The normalized spacial score (nSPS) is 24.2. The summed E-state index contributed by atoms with van der Waals surface area (Å²) in [6, 6.07) is 14.0. The molecule has 4 atom stereocenters. The van der Waals surface area contributed by atoms with Gasteiger partial charge in [-0.3, -0.25) is 19.5 Å². The van der Waals surface area contributed by atoms with E-state index in [9.17, 15) is 19.1 Å². The van der Waals surface area contributed by atoms with E-state index in [1.54, 1.807) is 23.6 Å². The number of amides is 2. The molecule has 0 saturated carbocycles. The van der Waals surface area contributed by atoms with Crippen molar-refractivity contribution in [3.63, 3.8) is 0 Å². The van der Waals surface area contributed by atoms with Gasteiger partial charge in [-0.15, -0.1) is 11.3 Å². The molecule has 41 heavy (non-hydrogen) atoms. The van der Waals surface area contributed by atoms with Crippen LogP contribution in [0.1, 0.15) is 55.2 Å². The molecule has 2 aromatic heterocycles. The topological polar surface area (TPSA) is 79.7 Å². The lowest BCUT2D eigenvalue weighted by molar-refractivity contribution is -0.140. The largest absolute Gasteiger partial charge is 0.505 e. The second kappa shape index (κ2) is 11.7. The molecule has 1 aromatic carbocycles. The summed E-state index contributed by atoms with van der Waals surface area (Å²) in [5.74, 6) is -1.94. The number of nitrogens with zero attached hydrogens (tertiary/aromatic N) is 2.